The van der Waals surface area contributed by atoms with Crippen LogP contribution in [0.15, 0.2) is 69.9 Å². The third-order valence-corrected chi connectivity index (χ3v) is 6.91. The molecule has 2 heterocycles. The van der Waals surface area contributed by atoms with Gasteiger partial charge in [0.05, 0.1) is 30.7 Å². The largest absolute Gasteiger partial charge is 0.493 e. The standard InChI is InChI=1S/C31H31NO5/c1-5-7-16-36-25-15-11-21(18-26(25)35-4)28-27-29(33)23-17-19(3)8-14-24(23)37-30(27)31(34)32(28)22-12-9-20(6-2)10-13-22/h8-15,17-18,28H,5-7,16H2,1-4H3. The highest BCUT2D eigenvalue weighted by Crippen LogP contribution is 2.43. The first-order valence-corrected chi connectivity index (χ1v) is 12.8. The first-order chi connectivity index (χ1) is 18.0. The SMILES string of the molecule is CCCCOc1ccc(C2c3c(oc4ccc(C)cc4c3=O)C(=O)N2c2ccc(CC)cc2)cc1OC. The van der Waals surface area contributed by atoms with Crippen molar-refractivity contribution in [2.45, 2.75) is 46.1 Å². The van der Waals surface area contributed by atoms with Crippen LogP contribution in [0.4, 0.5) is 5.69 Å². The molecule has 6 nitrogen and oxygen atoms in total. The summed E-state index contributed by atoms with van der Waals surface area (Å²) in [6, 6.07) is 18.2. The van der Waals surface area contributed by atoms with Crippen molar-refractivity contribution in [3.63, 3.8) is 0 Å². The van der Waals surface area contributed by atoms with E-state index in [1.165, 1.54) is 0 Å². The molecule has 6 heteroatoms. The van der Waals surface area contributed by atoms with E-state index in [-0.39, 0.29) is 17.1 Å². The summed E-state index contributed by atoms with van der Waals surface area (Å²) in [6.45, 7) is 6.71. The van der Waals surface area contributed by atoms with Crippen molar-refractivity contribution < 1.29 is 18.7 Å². The van der Waals surface area contributed by atoms with Crippen LogP contribution in [-0.4, -0.2) is 19.6 Å². The van der Waals surface area contributed by atoms with Gasteiger partial charge >= 0.3 is 0 Å². The third-order valence-electron chi connectivity index (χ3n) is 6.91. The Morgan fingerprint density at radius 3 is 2.43 bits per heavy atom. The molecule has 0 fully saturated rings. The first-order valence-electron chi connectivity index (χ1n) is 12.8. The molecule has 37 heavy (non-hydrogen) atoms. The van der Waals surface area contributed by atoms with E-state index < -0.39 is 6.04 Å². The molecule has 1 aromatic heterocycles. The highest BCUT2D eigenvalue weighted by atomic mass is 16.5. The van der Waals surface area contributed by atoms with Crippen molar-refractivity contribution >= 4 is 22.6 Å². The zero-order valence-electron chi connectivity index (χ0n) is 21.7. The van der Waals surface area contributed by atoms with Crippen LogP contribution in [0.1, 0.15) is 65.5 Å². The molecule has 0 spiro atoms. The number of amides is 1. The van der Waals surface area contributed by atoms with Gasteiger partial charge in [-0.3, -0.25) is 14.5 Å². The molecule has 190 valence electrons. The molecule has 0 radical (unpaired) electrons. The van der Waals surface area contributed by atoms with E-state index in [0.29, 0.717) is 40.3 Å². The predicted molar refractivity (Wildman–Crippen MR) is 145 cm³/mol. The molecule has 5 rings (SSSR count). The Kier molecular flexibility index (Phi) is 6.74. The van der Waals surface area contributed by atoms with Crippen LogP contribution in [0.3, 0.4) is 0 Å². The molecule has 1 amide bonds. The van der Waals surface area contributed by atoms with Gasteiger partial charge in [0.1, 0.15) is 5.58 Å². The van der Waals surface area contributed by atoms with Crippen molar-refractivity contribution in [2.75, 3.05) is 18.6 Å². The highest BCUT2D eigenvalue weighted by Gasteiger charge is 2.44. The molecular weight excluding hydrogens is 466 g/mol. The molecule has 0 bridgehead atoms. The monoisotopic (exact) mass is 497 g/mol. The Bertz CT molecular complexity index is 1520. The Morgan fingerprint density at radius 1 is 0.946 bits per heavy atom. The second-order valence-corrected chi connectivity index (χ2v) is 9.38. The van der Waals surface area contributed by atoms with Crippen LogP contribution in [0.5, 0.6) is 11.5 Å². The quantitative estimate of drug-likeness (QED) is 0.257. The molecule has 4 aromatic rings. The minimum Gasteiger partial charge on any atom is -0.493 e. The molecule has 1 aliphatic heterocycles. The van der Waals surface area contributed by atoms with E-state index in [0.717, 1.165) is 36.0 Å². The molecule has 1 aliphatic rings. The van der Waals surface area contributed by atoms with Crippen molar-refractivity contribution in [3.8, 4) is 11.5 Å². The smallest absolute Gasteiger partial charge is 0.295 e. The number of aryl methyl sites for hydroxylation is 2. The number of unbranched alkanes of at least 4 members (excludes halogenated alkanes) is 1. The Hall–Kier alpha value is -4.06. The Balaban J connectivity index is 1.70. The van der Waals surface area contributed by atoms with Gasteiger partial charge in [0.2, 0.25) is 5.76 Å². The van der Waals surface area contributed by atoms with Crippen molar-refractivity contribution in [1.82, 2.24) is 0 Å². The van der Waals surface area contributed by atoms with E-state index in [2.05, 4.69) is 13.8 Å². The van der Waals surface area contributed by atoms with Gasteiger partial charge in [-0.1, -0.05) is 50.1 Å². The number of carbonyl (C=O) groups excluding carboxylic acids is 1. The second kappa shape index (κ2) is 10.1. The normalized spacial score (nSPS) is 14.8. The average molecular weight is 498 g/mol. The van der Waals surface area contributed by atoms with E-state index in [4.69, 9.17) is 13.9 Å². The van der Waals surface area contributed by atoms with Crippen molar-refractivity contribution in [3.05, 3.63) is 98.9 Å². The summed E-state index contributed by atoms with van der Waals surface area (Å²) >= 11 is 0. The molecule has 0 N–H and O–H groups in total. The van der Waals surface area contributed by atoms with Crippen LogP contribution >= 0.6 is 0 Å². The van der Waals surface area contributed by atoms with E-state index in [1.54, 1.807) is 18.1 Å². The maximum absolute atomic E-state index is 13.9. The maximum atomic E-state index is 13.9. The summed E-state index contributed by atoms with van der Waals surface area (Å²) < 4.78 is 17.7. The number of hydrogen-bond acceptors (Lipinski definition) is 5. The minimum absolute atomic E-state index is 0.0770. The predicted octanol–water partition coefficient (Wildman–Crippen LogP) is 6.60. The first kappa shape index (κ1) is 24.6. The Labute approximate surface area is 216 Å². The number of anilines is 1. The molecule has 0 saturated carbocycles. The topological polar surface area (TPSA) is 69.0 Å². The number of ether oxygens (including phenoxy) is 2. The number of rotatable bonds is 8. The number of nitrogens with zero attached hydrogens (tertiary/aromatic N) is 1. The van der Waals surface area contributed by atoms with Crippen LogP contribution in [0, 0.1) is 6.92 Å². The average Bonchev–Trinajstić information content (AvgIpc) is 3.21. The van der Waals surface area contributed by atoms with Gasteiger partial charge in [0, 0.05) is 5.69 Å². The summed E-state index contributed by atoms with van der Waals surface area (Å²) in [5.41, 5.74) is 4.09. The Morgan fingerprint density at radius 2 is 1.73 bits per heavy atom. The zero-order valence-corrected chi connectivity index (χ0v) is 21.7. The summed E-state index contributed by atoms with van der Waals surface area (Å²) in [5.74, 6) is 0.917. The summed E-state index contributed by atoms with van der Waals surface area (Å²) in [5, 5.41) is 0.464. The van der Waals surface area contributed by atoms with Crippen molar-refractivity contribution in [1.29, 1.82) is 0 Å². The fraction of sp³-hybridized carbons (Fsp3) is 0.290. The van der Waals surface area contributed by atoms with Gasteiger partial charge < -0.3 is 13.9 Å². The van der Waals surface area contributed by atoms with Gasteiger partial charge in [-0.15, -0.1) is 0 Å². The van der Waals surface area contributed by atoms with Crippen LogP contribution in [0.25, 0.3) is 11.0 Å². The molecule has 0 aliphatic carbocycles. The number of fused-ring (bicyclic) bond motifs is 2. The molecule has 3 aromatic carbocycles. The third kappa shape index (κ3) is 4.37. The number of benzene rings is 3. The lowest BCUT2D eigenvalue weighted by molar-refractivity contribution is 0.0971. The number of methoxy groups -OCH3 is 1. The summed E-state index contributed by atoms with van der Waals surface area (Å²) in [6.07, 6.45) is 2.85. The van der Waals surface area contributed by atoms with Crippen molar-refractivity contribution in [2.24, 2.45) is 0 Å². The lowest BCUT2D eigenvalue weighted by Gasteiger charge is -2.26. The van der Waals surface area contributed by atoms with Crippen LogP contribution < -0.4 is 19.8 Å². The van der Waals surface area contributed by atoms with Crippen LogP contribution in [-0.2, 0) is 6.42 Å². The van der Waals surface area contributed by atoms with Gasteiger partial charge in [-0.25, -0.2) is 0 Å². The van der Waals surface area contributed by atoms with E-state index in [1.807, 2.05) is 61.5 Å². The maximum Gasteiger partial charge on any atom is 0.295 e. The molecule has 1 atom stereocenters. The minimum atomic E-state index is -0.672. The molecular formula is C31H31NO5. The highest BCUT2D eigenvalue weighted by molar-refractivity contribution is 6.10. The molecule has 1 unspecified atom stereocenters. The summed E-state index contributed by atoms with van der Waals surface area (Å²) in [7, 11) is 1.59. The number of hydrogen-bond donors (Lipinski definition) is 0. The lowest BCUT2D eigenvalue weighted by atomic mass is 9.97. The zero-order chi connectivity index (χ0) is 26.1. The van der Waals surface area contributed by atoms with E-state index >= 15 is 0 Å². The fourth-order valence-corrected chi connectivity index (χ4v) is 4.86. The second-order valence-electron chi connectivity index (χ2n) is 9.38. The van der Waals surface area contributed by atoms with Gasteiger partial charge in [-0.2, -0.15) is 0 Å². The van der Waals surface area contributed by atoms with Gasteiger partial charge in [0.15, 0.2) is 16.9 Å². The lowest BCUT2D eigenvalue weighted by Crippen LogP contribution is -2.29. The fourth-order valence-electron chi connectivity index (χ4n) is 4.86. The van der Waals surface area contributed by atoms with Gasteiger partial charge in [0.25, 0.3) is 5.91 Å². The van der Waals surface area contributed by atoms with Crippen LogP contribution in [0.2, 0.25) is 0 Å². The summed E-state index contributed by atoms with van der Waals surface area (Å²) in [4.78, 5) is 29.4. The van der Waals surface area contributed by atoms with Gasteiger partial charge in [-0.05, 0) is 67.3 Å². The van der Waals surface area contributed by atoms with E-state index in [9.17, 15) is 9.59 Å². The molecule has 0 saturated heterocycles. The number of carbonyl (C=O) groups is 1.